The fraction of sp³-hybridized carbons (Fsp3) is 0.333. The third-order valence-corrected chi connectivity index (χ3v) is 6.25. The second-order valence-corrected chi connectivity index (χ2v) is 7.25. The summed E-state index contributed by atoms with van der Waals surface area (Å²) in [7, 11) is -3.95. The lowest BCUT2D eigenvalue weighted by molar-refractivity contribution is -0.139. The van der Waals surface area contributed by atoms with Crippen LogP contribution in [-0.4, -0.2) is 31.4 Å². The molecule has 106 valence electrons. The third kappa shape index (κ3) is 4.56. The van der Waals surface area contributed by atoms with E-state index in [9.17, 15) is 18.0 Å². The van der Waals surface area contributed by atoms with E-state index in [1.54, 1.807) is 11.4 Å². The Morgan fingerprint density at radius 2 is 2.16 bits per heavy atom. The summed E-state index contributed by atoms with van der Waals surface area (Å²) in [6.07, 6.45) is -0.419. The van der Waals surface area contributed by atoms with E-state index >= 15 is 0 Å². The Morgan fingerprint density at radius 3 is 2.58 bits per heavy atom. The van der Waals surface area contributed by atoms with Gasteiger partial charge in [-0.05, 0) is 33.8 Å². The standard InChI is InChI=1S/C9H11BrN2O5S2/c10-5-3-4-18-9(5)19(16,17)12-6(8(14)15)1-2-7(11)13/h3-4,6,12H,1-2H2,(H2,11,13)(H,14,15)/t6-/m1/s1. The molecule has 0 aromatic carbocycles. The summed E-state index contributed by atoms with van der Waals surface area (Å²) >= 11 is 4.01. The molecule has 0 fully saturated rings. The lowest BCUT2D eigenvalue weighted by Gasteiger charge is -2.13. The second kappa shape index (κ2) is 6.46. The molecule has 0 aliphatic carbocycles. The molecule has 0 spiro atoms. The summed E-state index contributed by atoms with van der Waals surface area (Å²) in [5.74, 6) is -2.06. The van der Waals surface area contributed by atoms with Crippen LogP contribution < -0.4 is 10.5 Å². The molecule has 0 saturated carbocycles. The number of nitrogens with one attached hydrogen (secondary N) is 1. The molecule has 0 saturated heterocycles. The van der Waals surface area contributed by atoms with E-state index in [-0.39, 0.29) is 17.1 Å². The molecule has 1 aromatic heterocycles. The van der Waals surface area contributed by atoms with Gasteiger partial charge in [-0.3, -0.25) is 9.59 Å². The number of rotatable bonds is 7. The van der Waals surface area contributed by atoms with E-state index in [2.05, 4.69) is 15.9 Å². The fourth-order valence-corrected chi connectivity index (χ4v) is 4.81. The van der Waals surface area contributed by atoms with Crippen molar-refractivity contribution in [1.29, 1.82) is 0 Å². The van der Waals surface area contributed by atoms with Crippen LogP contribution in [0.1, 0.15) is 12.8 Å². The van der Waals surface area contributed by atoms with Crippen molar-refractivity contribution >= 4 is 49.2 Å². The maximum atomic E-state index is 12.0. The highest BCUT2D eigenvalue weighted by Crippen LogP contribution is 2.27. The highest BCUT2D eigenvalue weighted by atomic mass is 79.9. The predicted octanol–water partition coefficient (Wildman–Crippen LogP) is 0.508. The van der Waals surface area contributed by atoms with Crippen molar-refractivity contribution in [2.45, 2.75) is 23.1 Å². The van der Waals surface area contributed by atoms with Crippen LogP contribution in [0.15, 0.2) is 20.1 Å². The van der Waals surface area contributed by atoms with Gasteiger partial charge in [-0.2, -0.15) is 4.72 Å². The van der Waals surface area contributed by atoms with Crippen molar-refractivity contribution in [3.63, 3.8) is 0 Å². The lowest BCUT2D eigenvalue weighted by atomic mass is 10.2. The molecule has 0 unspecified atom stereocenters. The molecule has 1 amide bonds. The molecule has 0 radical (unpaired) electrons. The summed E-state index contributed by atoms with van der Waals surface area (Å²) in [6, 6.07) is 0.143. The smallest absolute Gasteiger partial charge is 0.321 e. The summed E-state index contributed by atoms with van der Waals surface area (Å²) < 4.78 is 26.3. The number of thiophene rings is 1. The van der Waals surface area contributed by atoms with Crippen molar-refractivity contribution < 1.29 is 23.1 Å². The normalized spacial score (nSPS) is 13.1. The first-order chi connectivity index (χ1) is 8.74. The highest BCUT2D eigenvalue weighted by Gasteiger charge is 2.27. The van der Waals surface area contributed by atoms with E-state index in [4.69, 9.17) is 10.8 Å². The minimum atomic E-state index is -3.95. The summed E-state index contributed by atoms with van der Waals surface area (Å²) in [4.78, 5) is 21.6. The zero-order chi connectivity index (χ0) is 14.6. The molecule has 1 rings (SSSR count). The van der Waals surface area contributed by atoms with Gasteiger partial charge in [0, 0.05) is 10.9 Å². The fourth-order valence-electron chi connectivity index (χ4n) is 1.23. The number of hydrogen-bond donors (Lipinski definition) is 3. The monoisotopic (exact) mass is 370 g/mol. The number of hydrogen-bond acceptors (Lipinski definition) is 5. The molecule has 0 aliphatic heterocycles. The van der Waals surface area contributed by atoms with E-state index in [0.29, 0.717) is 4.47 Å². The first-order valence-electron chi connectivity index (χ1n) is 5.00. The molecule has 19 heavy (non-hydrogen) atoms. The van der Waals surface area contributed by atoms with Gasteiger partial charge in [0.2, 0.25) is 5.91 Å². The average Bonchev–Trinajstić information content (AvgIpc) is 2.70. The van der Waals surface area contributed by atoms with Crippen LogP contribution in [-0.2, 0) is 19.6 Å². The number of amides is 1. The minimum absolute atomic E-state index is 0.0159. The van der Waals surface area contributed by atoms with Crippen molar-refractivity contribution in [2.24, 2.45) is 5.73 Å². The number of primary amides is 1. The first-order valence-corrected chi connectivity index (χ1v) is 8.16. The predicted molar refractivity (Wildman–Crippen MR) is 72.2 cm³/mol. The molecular weight excluding hydrogens is 360 g/mol. The second-order valence-electron chi connectivity index (χ2n) is 3.57. The van der Waals surface area contributed by atoms with Gasteiger partial charge in [-0.25, -0.2) is 8.42 Å². The Bertz CT molecular complexity index is 583. The third-order valence-electron chi connectivity index (χ3n) is 2.10. The Morgan fingerprint density at radius 1 is 1.53 bits per heavy atom. The van der Waals surface area contributed by atoms with Crippen molar-refractivity contribution in [2.75, 3.05) is 0 Å². The van der Waals surface area contributed by atoms with Crippen molar-refractivity contribution in [3.05, 3.63) is 15.9 Å². The molecule has 1 heterocycles. The lowest BCUT2D eigenvalue weighted by Crippen LogP contribution is -2.41. The van der Waals surface area contributed by atoms with Gasteiger partial charge in [0.25, 0.3) is 10.0 Å². The Labute approximate surface area is 122 Å². The number of aliphatic carboxylic acids is 1. The van der Waals surface area contributed by atoms with Crippen LogP contribution >= 0.6 is 27.3 Å². The molecule has 1 aromatic rings. The maximum Gasteiger partial charge on any atom is 0.321 e. The first kappa shape index (κ1) is 16.1. The molecule has 4 N–H and O–H groups in total. The zero-order valence-electron chi connectivity index (χ0n) is 9.50. The van der Waals surface area contributed by atoms with Gasteiger partial charge in [0.1, 0.15) is 10.3 Å². The van der Waals surface area contributed by atoms with Crippen LogP contribution in [0.3, 0.4) is 0 Å². The minimum Gasteiger partial charge on any atom is -0.480 e. The number of carboxylic acid groups (broad SMARTS) is 1. The maximum absolute atomic E-state index is 12.0. The van der Waals surface area contributed by atoms with Gasteiger partial charge in [0.15, 0.2) is 0 Å². The van der Waals surface area contributed by atoms with Gasteiger partial charge in [-0.15, -0.1) is 11.3 Å². The molecular formula is C9H11BrN2O5S2. The van der Waals surface area contributed by atoms with Crippen LogP contribution in [0.4, 0.5) is 0 Å². The van der Waals surface area contributed by atoms with Gasteiger partial charge in [-0.1, -0.05) is 0 Å². The van der Waals surface area contributed by atoms with Crippen LogP contribution in [0, 0.1) is 0 Å². The molecule has 10 heteroatoms. The Balaban J connectivity index is 2.87. The highest BCUT2D eigenvalue weighted by molar-refractivity contribution is 9.10. The van der Waals surface area contributed by atoms with E-state index in [1.165, 1.54) is 0 Å². The molecule has 7 nitrogen and oxygen atoms in total. The Kier molecular flexibility index (Phi) is 5.47. The zero-order valence-corrected chi connectivity index (χ0v) is 12.7. The number of carbonyl (C=O) groups is 2. The summed E-state index contributed by atoms with van der Waals surface area (Å²) in [5.41, 5.74) is 4.91. The largest absolute Gasteiger partial charge is 0.480 e. The quantitative estimate of drug-likeness (QED) is 0.644. The number of sulfonamides is 1. The Hall–Kier alpha value is -0.970. The van der Waals surface area contributed by atoms with E-state index in [1.807, 2.05) is 4.72 Å². The number of nitrogens with two attached hydrogens (primary N) is 1. The van der Waals surface area contributed by atoms with Crippen LogP contribution in [0.5, 0.6) is 0 Å². The number of carboxylic acids is 1. The topological polar surface area (TPSA) is 127 Å². The molecule has 0 bridgehead atoms. The SMILES string of the molecule is NC(=O)CC[C@@H](NS(=O)(=O)c1sccc1Br)C(=O)O. The summed E-state index contributed by atoms with van der Waals surface area (Å²) in [5, 5.41) is 10.5. The van der Waals surface area contributed by atoms with E-state index < -0.39 is 27.9 Å². The van der Waals surface area contributed by atoms with E-state index in [0.717, 1.165) is 11.3 Å². The van der Waals surface area contributed by atoms with Crippen molar-refractivity contribution in [3.8, 4) is 0 Å². The number of halogens is 1. The average molecular weight is 371 g/mol. The van der Waals surface area contributed by atoms with Crippen LogP contribution in [0.25, 0.3) is 0 Å². The van der Waals surface area contributed by atoms with Gasteiger partial charge >= 0.3 is 5.97 Å². The molecule has 1 atom stereocenters. The summed E-state index contributed by atoms with van der Waals surface area (Å²) in [6.45, 7) is 0. The van der Waals surface area contributed by atoms with Gasteiger partial charge < -0.3 is 10.8 Å². The number of carbonyl (C=O) groups excluding carboxylic acids is 1. The molecule has 0 aliphatic rings. The van der Waals surface area contributed by atoms with Crippen molar-refractivity contribution in [1.82, 2.24) is 4.72 Å². The van der Waals surface area contributed by atoms with Crippen LogP contribution in [0.2, 0.25) is 0 Å². The van der Waals surface area contributed by atoms with Gasteiger partial charge in [0.05, 0.1) is 0 Å².